The number of amides is 2. The molecule has 2 aromatic carbocycles. The Hall–Kier alpha value is -2.24. The minimum atomic E-state index is -0.777. The summed E-state index contributed by atoms with van der Waals surface area (Å²) in [5.41, 5.74) is 0.755. The number of hydrogen-bond donors (Lipinski definition) is 2. The summed E-state index contributed by atoms with van der Waals surface area (Å²) < 4.78 is 5.59. The van der Waals surface area contributed by atoms with Crippen LogP contribution in [0, 0.1) is 5.41 Å². The molecule has 2 amide bonds. The van der Waals surface area contributed by atoms with Gasteiger partial charge in [0.05, 0.1) is 5.02 Å². The molecule has 0 saturated carbocycles. The van der Waals surface area contributed by atoms with Gasteiger partial charge in [-0.2, -0.15) is 0 Å². The van der Waals surface area contributed by atoms with Gasteiger partial charge in [-0.15, -0.1) is 0 Å². The highest BCUT2D eigenvalue weighted by Crippen LogP contribution is 2.32. The lowest BCUT2D eigenvalue weighted by molar-refractivity contribution is -0.123. The summed E-state index contributed by atoms with van der Waals surface area (Å²) in [6.45, 7) is 7.13. The van der Waals surface area contributed by atoms with Crippen LogP contribution in [0.4, 0.5) is 11.4 Å². The van der Waals surface area contributed by atoms with Crippen molar-refractivity contribution in [1.29, 1.82) is 0 Å². The molecule has 7 heteroatoms. The second kappa shape index (κ2) is 8.63. The van der Waals surface area contributed by atoms with E-state index in [0.29, 0.717) is 22.1 Å². The van der Waals surface area contributed by atoms with Crippen LogP contribution in [0.2, 0.25) is 10.0 Å². The van der Waals surface area contributed by atoms with Gasteiger partial charge in [0.1, 0.15) is 10.8 Å². The first-order valence-electron chi connectivity index (χ1n) is 8.41. The standard InChI is InChI=1S/C20H22Cl2N2O3/c1-12(27-16-7-5-6-15(21)17(16)22)18(25)23-13-8-10-14(11-9-13)24-19(26)20(2,3)4/h5-12H,1-4H3,(H,23,25)(H,24,26). The lowest BCUT2D eigenvalue weighted by atomic mass is 9.95. The molecule has 0 fully saturated rings. The Labute approximate surface area is 169 Å². The summed E-state index contributed by atoms with van der Waals surface area (Å²) in [7, 11) is 0. The van der Waals surface area contributed by atoms with E-state index in [1.54, 1.807) is 49.4 Å². The van der Waals surface area contributed by atoms with Crippen molar-refractivity contribution in [3.63, 3.8) is 0 Å². The lowest BCUT2D eigenvalue weighted by Crippen LogP contribution is -2.30. The number of benzene rings is 2. The van der Waals surface area contributed by atoms with Crippen LogP contribution in [0.1, 0.15) is 27.7 Å². The van der Waals surface area contributed by atoms with Gasteiger partial charge in [-0.3, -0.25) is 9.59 Å². The Morgan fingerprint density at radius 1 is 0.963 bits per heavy atom. The molecule has 0 heterocycles. The van der Waals surface area contributed by atoms with Gasteiger partial charge in [0.2, 0.25) is 5.91 Å². The second-order valence-electron chi connectivity index (χ2n) is 7.08. The normalized spacial score (nSPS) is 12.2. The average molecular weight is 409 g/mol. The predicted molar refractivity (Wildman–Crippen MR) is 110 cm³/mol. The van der Waals surface area contributed by atoms with Crippen molar-refractivity contribution in [2.45, 2.75) is 33.8 Å². The fourth-order valence-corrected chi connectivity index (χ4v) is 2.35. The maximum atomic E-state index is 12.3. The van der Waals surface area contributed by atoms with Gasteiger partial charge in [0.25, 0.3) is 5.91 Å². The van der Waals surface area contributed by atoms with E-state index < -0.39 is 11.5 Å². The molecule has 0 spiro atoms. The molecule has 0 aromatic heterocycles. The first kappa shape index (κ1) is 21.1. The zero-order valence-corrected chi connectivity index (χ0v) is 17.1. The third kappa shape index (κ3) is 5.88. The number of nitrogens with one attached hydrogen (secondary N) is 2. The van der Waals surface area contributed by atoms with E-state index in [-0.39, 0.29) is 16.8 Å². The number of hydrogen-bond acceptors (Lipinski definition) is 3. The number of carbonyl (C=O) groups is 2. The molecule has 0 bridgehead atoms. The SMILES string of the molecule is CC(Oc1cccc(Cl)c1Cl)C(=O)Nc1ccc(NC(=O)C(C)(C)C)cc1. The second-order valence-corrected chi connectivity index (χ2v) is 7.87. The molecular formula is C20H22Cl2N2O3. The quantitative estimate of drug-likeness (QED) is 0.697. The molecule has 1 atom stereocenters. The van der Waals surface area contributed by atoms with Crippen molar-refractivity contribution in [2.24, 2.45) is 5.41 Å². The molecule has 0 aliphatic heterocycles. The molecule has 27 heavy (non-hydrogen) atoms. The molecule has 2 aromatic rings. The van der Waals surface area contributed by atoms with Crippen molar-refractivity contribution in [3.8, 4) is 5.75 Å². The summed E-state index contributed by atoms with van der Waals surface area (Å²) in [5.74, 6) is -0.0794. The van der Waals surface area contributed by atoms with Gasteiger partial charge in [-0.05, 0) is 43.3 Å². The maximum Gasteiger partial charge on any atom is 0.265 e. The van der Waals surface area contributed by atoms with Crippen molar-refractivity contribution >= 4 is 46.4 Å². The lowest BCUT2D eigenvalue weighted by Gasteiger charge is -2.18. The molecule has 0 aliphatic rings. The summed E-state index contributed by atoms with van der Waals surface area (Å²) in [4.78, 5) is 24.3. The van der Waals surface area contributed by atoms with E-state index >= 15 is 0 Å². The zero-order valence-electron chi connectivity index (χ0n) is 15.6. The van der Waals surface area contributed by atoms with Crippen LogP contribution in [0.5, 0.6) is 5.75 Å². The van der Waals surface area contributed by atoms with Crippen molar-refractivity contribution in [3.05, 3.63) is 52.5 Å². The van der Waals surface area contributed by atoms with E-state index in [1.165, 1.54) is 0 Å². The van der Waals surface area contributed by atoms with E-state index in [9.17, 15) is 9.59 Å². The fourth-order valence-electron chi connectivity index (χ4n) is 2.02. The molecule has 2 N–H and O–H groups in total. The largest absolute Gasteiger partial charge is 0.479 e. The third-order valence-electron chi connectivity index (χ3n) is 3.68. The molecule has 2 rings (SSSR count). The Morgan fingerprint density at radius 3 is 2.07 bits per heavy atom. The highest BCUT2D eigenvalue weighted by molar-refractivity contribution is 6.42. The molecule has 5 nitrogen and oxygen atoms in total. The summed E-state index contributed by atoms with van der Waals surface area (Å²) in [6, 6.07) is 11.8. The number of carbonyl (C=O) groups excluding carboxylic acids is 2. The van der Waals surface area contributed by atoms with Crippen molar-refractivity contribution in [1.82, 2.24) is 0 Å². The monoisotopic (exact) mass is 408 g/mol. The van der Waals surface area contributed by atoms with Gasteiger partial charge < -0.3 is 15.4 Å². The van der Waals surface area contributed by atoms with E-state index in [0.717, 1.165) is 0 Å². The van der Waals surface area contributed by atoms with Crippen LogP contribution < -0.4 is 15.4 Å². The number of ether oxygens (including phenoxy) is 1. The van der Waals surface area contributed by atoms with E-state index in [4.69, 9.17) is 27.9 Å². The summed E-state index contributed by atoms with van der Waals surface area (Å²) in [6.07, 6.45) is -0.777. The molecule has 144 valence electrons. The molecule has 0 saturated heterocycles. The van der Waals surface area contributed by atoms with Crippen LogP contribution in [0.3, 0.4) is 0 Å². The van der Waals surface area contributed by atoms with E-state index in [1.807, 2.05) is 20.8 Å². The smallest absolute Gasteiger partial charge is 0.265 e. The minimum absolute atomic E-state index is 0.0836. The minimum Gasteiger partial charge on any atom is -0.479 e. The molecule has 0 aliphatic carbocycles. The first-order chi connectivity index (χ1) is 12.6. The Morgan fingerprint density at radius 2 is 1.52 bits per heavy atom. The third-order valence-corrected chi connectivity index (χ3v) is 4.48. The number of halogens is 2. The zero-order chi connectivity index (χ0) is 20.2. The highest BCUT2D eigenvalue weighted by atomic mass is 35.5. The molecule has 0 radical (unpaired) electrons. The molecular weight excluding hydrogens is 387 g/mol. The van der Waals surface area contributed by atoms with Crippen LogP contribution in [-0.2, 0) is 9.59 Å². The summed E-state index contributed by atoms with van der Waals surface area (Å²) >= 11 is 12.0. The topological polar surface area (TPSA) is 67.4 Å². The fraction of sp³-hybridized carbons (Fsp3) is 0.300. The van der Waals surface area contributed by atoms with Crippen LogP contribution in [0.25, 0.3) is 0 Å². The highest BCUT2D eigenvalue weighted by Gasteiger charge is 2.21. The van der Waals surface area contributed by atoms with Crippen LogP contribution in [0.15, 0.2) is 42.5 Å². The summed E-state index contributed by atoms with van der Waals surface area (Å²) in [5, 5.41) is 6.20. The Kier molecular flexibility index (Phi) is 6.73. The van der Waals surface area contributed by atoms with E-state index in [2.05, 4.69) is 10.6 Å². The number of rotatable bonds is 5. The maximum absolute atomic E-state index is 12.3. The van der Waals surface area contributed by atoms with Gasteiger partial charge in [-0.1, -0.05) is 50.0 Å². The Balaban J connectivity index is 1.97. The van der Waals surface area contributed by atoms with Crippen LogP contribution in [-0.4, -0.2) is 17.9 Å². The van der Waals surface area contributed by atoms with Gasteiger partial charge in [-0.25, -0.2) is 0 Å². The van der Waals surface area contributed by atoms with Gasteiger partial charge in [0.15, 0.2) is 6.10 Å². The van der Waals surface area contributed by atoms with Gasteiger partial charge >= 0.3 is 0 Å². The first-order valence-corrected chi connectivity index (χ1v) is 9.16. The predicted octanol–water partition coefficient (Wildman–Crippen LogP) is 5.38. The van der Waals surface area contributed by atoms with Crippen LogP contribution >= 0.6 is 23.2 Å². The van der Waals surface area contributed by atoms with Gasteiger partial charge in [0, 0.05) is 16.8 Å². The average Bonchev–Trinajstić information content (AvgIpc) is 2.59. The van der Waals surface area contributed by atoms with Crippen molar-refractivity contribution in [2.75, 3.05) is 10.6 Å². The Bertz CT molecular complexity index is 830. The molecule has 1 unspecified atom stereocenters. The number of anilines is 2. The van der Waals surface area contributed by atoms with Crippen molar-refractivity contribution < 1.29 is 14.3 Å².